The molecule has 152 valence electrons. The highest BCUT2D eigenvalue weighted by molar-refractivity contribution is 5.48. The number of aromatic nitrogens is 7. The van der Waals surface area contributed by atoms with Crippen LogP contribution in [-0.4, -0.2) is 47.4 Å². The molecular formula is C19H17FN8O2. The SMILES string of the molecule is Cc1ncn2ncn(Cc3nc(C4C5CN(c6cc(F)ccn6)CC54)no3)c(=O)c12. The summed E-state index contributed by atoms with van der Waals surface area (Å²) in [6.45, 7) is 3.50. The van der Waals surface area contributed by atoms with Crippen LogP contribution in [0.2, 0.25) is 0 Å². The van der Waals surface area contributed by atoms with Crippen LogP contribution in [0.25, 0.3) is 5.52 Å². The molecule has 0 amide bonds. The van der Waals surface area contributed by atoms with E-state index in [0.29, 0.717) is 40.6 Å². The number of anilines is 1. The second-order valence-electron chi connectivity index (χ2n) is 7.82. The first-order chi connectivity index (χ1) is 14.6. The van der Waals surface area contributed by atoms with Gasteiger partial charge >= 0.3 is 0 Å². The zero-order chi connectivity index (χ0) is 20.4. The van der Waals surface area contributed by atoms with Gasteiger partial charge in [0.2, 0.25) is 5.89 Å². The molecule has 10 nitrogen and oxygen atoms in total. The van der Waals surface area contributed by atoms with Gasteiger partial charge in [0.15, 0.2) is 11.3 Å². The van der Waals surface area contributed by atoms with E-state index >= 15 is 0 Å². The molecule has 0 N–H and O–H groups in total. The van der Waals surface area contributed by atoms with Gasteiger partial charge in [0.25, 0.3) is 5.56 Å². The summed E-state index contributed by atoms with van der Waals surface area (Å²) in [6.07, 6.45) is 4.43. The molecule has 0 radical (unpaired) electrons. The molecule has 30 heavy (non-hydrogen) atoms. The largest absolute Gasteiger partial charge is 0.356 e. The number of imidazole rings is 1. The van der Waals surface area contributed by atoms with E-state index in [2.05, 4.69) is 30.1 Å². The van der Waals surface area contributed by atoms with Crippen molar-refractivity contribution in [3.63, 3.8) is 0 Å². The van der Waals surface area contributed by atoms with E-state index in [0.717, 1.165) is 13.1 Å². The Labute approximate surface area is 169 Å². The third-order valence-corrected chi connectivity index (χ3v) is 6.02. The lowest BCUT2D eigenvalue weighted by molar-refractivity contribution is 0.363. The lowest BCUT2D eigenvalue weighted by atomic mass is 10.2. The first kappa shape index (κ1) is 17.2. The Morgan fingerprint density at radius 3 is 2.87 bits per heavy atom. The molecule has 5 heterocycles. The molecule has 1 aliphatic carbocycles. The maximum absolute atomic E-state index is 13.4. The van der Waals surface area contributed by atoms with Gasteiger partial charge in [0.1, 0.15) is 30.8 Å². The molecule has 2 unspecified atom stereocenters. The topological polar surface area (TPSA) is 107 Å². The zero-order valence-corrected chi connectivity index (χ0v) is 16.0. The predicted octanol–water partition coefficient (Wildman–Crippen LogP) is 1.01. The molecule has 4 aromatic heterocycles. The summed E-state index contributed by atoms with van der Waals surface area (Å²) in [5.74, 6) is 2.42. The molecule has 4 aromatic rings. The number of halogens is 1. The molecule has 11 heteroatoms. The maximum atomic E-state index is 13.4. The summed E-state index contributed by atoms with van der Waals surface area (Å²) < 4.78 is 21.7. The highest BCUT2D eigenvalue weighted by Crippen LogP contribution is 2.57. The highest BCUT2D eigenvalue weighted by Gasteiger charge is 2.58. The van der Waals surface area contributed by atoms with Gasteiger partial charge in [-0.3, -0.25) is 9.36 Å². The monoisotopic (exact) mass is 408 g/mol. The minimum Gasteiger partial charge on any atom is -0.356 e. The Kier molecular flexibility index (Phi) is 3.55. The third-order valence-electron chi connectivity index (χ3n) is 6.02. The van der Waals surface area contributed by atoms with Crippen LogP contribution in [0.5, 0.6) is 0 Å². The molecule has 2 fully saturated rings. The number of aryl methyl sites for hydroxylation is 1. The van der Waals surface area contributed by atoms with Crippen LogP contribution in [-0.2, 0) is 6.54 Å². The Hall–Kier alpha value is -3.63. The van der Waals surface area contributed by atoms with Crippen LogP contribution < -0.4 is 10.5 Å². The summed E-state index contributed by atoms with van der Waals surface area (Å²) >= 11 is 0. The molecule has 1 aliphatic heterocycles. The van der Waals surface area contributed by atoms with E-state index in [1.807, 2.05) is 0 Å². The van der Waals surface area contributed by atoms with E-state index < -0.39 is 0 Å². The van der Waals surface area contributed by atoms with Gasteiger partial charge in [-0.05, 0) is 24.8 Å². The van der Waals surface area contributed by atoms with Crippen molar-refractivity contribution in [1.82, 2.24) is 34.3 Å². The number of rotatable bonds is 4. The van der Waals surface area contributed by atoms with E-state index in [1.54, 1.807) is 6.92 Å². The van der Waals surface area contributed by atoms with Gasteiger partial charge in [-0.1, -0.05) is 5.16 Å². The number of pyridine rings is 1. The van der Waals surface area contributed by atoms with Gasteiger partial charge in [-0.2, -0.15) is 10.1 Å². The van der Waals surface area contributed by atoms with E-state index in [4.69, 9.17) is 4.52 Å². The van der Waals surface area contributed by atoms with Crippen LogP contribution >= 0.6 is 0 Å². The fourth-order valence-electron chi connectivity index (χ4n) is 4.46. The lowest BCUT2D eigenvalue weighted by Gasteiger charge is -2.20. The number of hydrogen-bond acceptors (Lipinski definition) is 8. The van der Waals surface area contributed by atoms with Crippen LogP contribution in [0.1, 0.15) is 23.3 Å². The lowest BCUT2D eigenvalue weighted by Crippen LogP contribution is -2.25. The number of fused-ring (bicyclic) bond motifs is 2. The van der Waals surface area contributed by atoms with Crippen LogP contribution in [0.15, 0.2) is 40.3 Å². The molecule has 1 saturated carbocycles. The minimum atomic E-state index is -0.283. The van der Waals surface area contributed by atoms with Crippen molar-refractivity contribution in [2.24, 2.45) is 11.8 Å². The number of piperidine rings is 1. The maximum Gasteiger partial charge on any atom is 0.280 e. The Balaban J connectivity index is 1.17. The first-order valence-corrected chi connectivity index (χ1v) is 9.67. The molecule has 2 atom stereocenters. The molecule has 2 aliphatic rings. The van der Waals surface area contributed by atoms with Crippen molar-refractivity contribution < 1.29 is 8.91 Å². The summed E-state index contributed by atoms with van der Waals surface area (Å²) in [7, 11) is 0. The summed E-state index contributed by atoms with van der Waals surface area (Å²) in [5, 5.41) is 8.33. The van der Waals surface area contributed by atoms with Crippen LogP contribution in [0, 0.1) is 24.6 Å². The molecule has 0 aromatic carbocycles. The molecule has 6 rings (SSSR count). The van der Waals surface area contributed by atoms with Crippen molar-refractivity contribution in [3.05, 3.63) is 64.6 Å². The summed E-state index contributed by atoms with van der Waals surface area (Å²) in [4.78, 5) is 27.6. The fourth-order valence-corrected chi connectivity index (χ4v) is 4.46. The van der Waals surface area contributed by atoms with Gasteiger partial charge < -0.3 is 9.42 Å². The standard InChI is InChI=1S/C19H17FN8O2/c1-10-17-19(29)27(9-23-28(17)8-22-10)7-15-24-18(25-30-15)16-12-5-26(6-13(12)16)14-4-11(20)2-3-21-14/h2-4,8-9,12-13,16H,5-7H2,1H3. The Morgan fingerprint density at radius 1 is 1.23 bits per heavy atom. The van der Waals surface area contributed by atoms with E-state index in [9.17, 15) is 9.18 Å². The second kappa shape index (κ2) is 6.18. The average molecular weight is 408 g/mol. The highest BCUT2D eigenvalue weighted by atomic mass is 19.1. The average Bonchev–Trinajstić information content (AvgIpc) is 3.16. The van der Waals surface area contributed by atoms with Gasteiger partial charge in [-0.25, -0.2) is 18.9 Å². The van der Waals surface area contributed by atoms with Crippen molar-refractivity contribution >= 4 is 11.3 Å². The fraction of sp³-hybridized carbons (Fsp3) is 0.368. The van der Waals surface area contributed by atoms with Crippen molar-refractivity contribution in [2.45, 2.75) is 19.4 Å². The second-order valence-corrected chi connectivity index (χ2v) is 7.82. The molecule has 0 bridgehead atoms. The van der Waals surface area contributed by atoms with Crippen molar-refractivity contribution in [2.75, 3.05) is 18.0 Å². The Morgan fingerprint density at radius 2 is 2.07 bits per heavy atom. The van der Waals surface area contributed by atoms with Crippen LogP contribution in [0.4, 0.5) is 10.2 Å². The van der Waals surface area contributed by atoms with Crippen molar-refractivity contribution in [3.8, 4) is 0 Å². The smallest absolute Gasteiger partial charge is 0.280 e. The zero-order valence-electron chi connectivity index (χ0n) is 16.0. The molecule has 0 spiro atoms. The van der Waals surface area contributed by atoms with E-state index in [-0.39, 0.29) is 23.8 Å². The number of nitrogens with zero attached hydrogens (tertiary/aromatic N) is 8. The Bertz CT molecular complexity index is 1320. The van der Waals surface area contributed by atoms with E-state index in [1.165, 1.54) is 40.1 Å². The predicted molar refractivity (Wildman–Crippen MR) is 102 cm³/mol. The van der Waals surface area contributed by atoms with Crippen LogP contribution in [0.3, 0.4) is 0 Å². The third kappa shape index (κ3) is 2.61. The van der Waals surface area contributed by atoms with Gasteiger partial charge in [-0.15, -0.1) is 0 Å². The number of hydrogen-bond donors (Lipinski definition) is 0. The molecule has 1 saturated heterocycles. The van der Waals surface area contributed by atoms with Gasteiger partial charge in [0, 0.05) is 31.3 Å². The quantitative estimate of drug-likeness (QED) is 0.493. The summed E-state index contributed by atoms with van der Waals surface area (Å²) in [6, 6.07) is 2.80. The summed E-state index contributed by atoms with van der Waals surface area (Å²) in [5.41, 5.74) is 0.845. The van der Waals surface area contributed by atoms with Crippen molar-refractivity contribution in [1.29, 1.82) is 0 Å². The first-order valence-electron chi connectivity index (χ1n) is 9.67. The normalized spacial score (nSPS) is 22.6. The van der Waals surface area contributed by atoms with Gasteiger partial charge in [0.05, 0.1) is 5.69 Å². The minimum absolute atomic E-state index is 0.154. The molecular weight excluding hydrogens is 391 g/mol.